The second-order valence-electron chi connectivity index (χ2n) is 6.49. The van der Waals surface area contributed by atoms with Crippen LogP contribution < -0.4 is 0 Å². The number of aliphatic hydroxyl groups is 4. The maximum Gasteiger partial charge on any atom is 0.155 e. The first-order valence-electron chi connectivity index (χ1n) is 9.13. The van der Waals surface area contributed by atoms with Gasteiger partial charge in [-0.2, -0.15) is 0 Å². The maximum absolute atomic E-state index is 9.88. The Bertz CT molecular complexity index is 331. The van der Waals surface area contributed by atoms with Crippen LogP contribution in [-0.2, 0) is 4.74 Å². The summed E-state index contributed by atoms with van der Waals surface area (Å²) in [6, 6.07) is 0. The lowest BCUT2D eigenvalue weighted by molar-refractivity contribution is -0.0630. The summed E-state index contributed by atoms with van der Waals surface area (Å²) in [5.74, 6) is 0.314. The van der Waals surface area contributed by atoms with Crippen LogP contribution in [0.25, 0.3) is 0 Å². The molecule has 0 saturated carbocycles. The average molecular weight is 330 g/mol. The van der Waals surface area contributed by atoms with Crippen molar-refractivity contribution in [1.29, 1.82) is 0 Å². The quantitative estimate of drug-likeness (QED) is 0.412. The van der Waals surface area contributed by atoms with Gasteiger partial charge in [0.05, 0.1) is 6.61 Å². The van der Waals surface area contributed by atoms with Gasteiger partial charge < -0.3 is 25.2 Å². The first-order valence-corrected chi connectivity index (χ1v) is 9.13. The van der Waals surface area contributed by atoms with Crippen LogP contribution in [0.3, 0.4) is 0 Å². The van der Waals surface area contributed by atoms with Crippen LogP contribution in [0.2, 0.25) is 0 Å². The van der Waals surface area contributed by atoms with Crippen molar-refractivity contribution in [2.45, 2.75) is 95.5 Å². The minimum absolute atomic E-state index is 0.314. The molecule has 1 heterocycles. The van der Waals surface area contributed by atoms with E-state index in [1.807, 2.05) is 0 Å². The standard InChI is InChI=1S/C18H34O5/c1-2-3-4-5-6-7-8-9-10-11-12-15-16(21)17(22)18(23-15)14(20)13-19/h12,14,16-22H,2-11,13H2,1H3/t14-,16+,17-,18-/m1/s1. The van der Waals surface area contributed by atoms with E-state index in [1.165, 1.54) is 44.9 Å². The summed E-state index contributed by atoms with van der Waals surface area (Å²) in [6.45, 7) is 1.73. The molecule has 5 nitrogen and oxygen atoms in total. The zero-order valence-electron chi connectivity index (χ0n) is 14.4. The lowest BCUT2D eigenvalue weighted by Gasteiger charge is -2.18. The summed E-state index contributed by atoms with van der Waals surface area (Å²) in [5, 5.41) is 38.1. The van der Waals surface area contributed by atoms with Crippen LogP contribution in [0.4, 0.5) is 0 Å². The van der Waals surface area contributed by atoms with Gasteiger partial charge in [0.15, 0.2) is 6.10 Å². The fourth-order valence-corrected chi connectivity index (χ4v) is 2.92. The third-order valence-electron chi connectivity index (χ3n) is 4.44. The van der Waals surface area contributed by atoms with Gasteiger partial charge in [-0.25, -0.2) is 0 Å². The molecule has 136 valence electrons. The molecule has 0 aromatic heterocycles. The summed E-state index contributed by atoms with van der Waals surface area (Å²) < 4.78 is 5.37. The summed E-state index contributed by atoms with van der Waals surface area (Å²) in [6.07, 6.45) is 9.46. The van der Waals surface area contributed by atoms with Crippen LogP contribution in [-0.4, -0.2) is 51.4 Å². The molecule has 0 unspecified atom stereocenters. The van der Waals surface area contributed by atoms with Crippen molar-refractivity contribution in [3.8, 4) is 0 Å². The van der Waals surface area contributed by atoms with Gasteiger partial charge in [0.1, 0.15) is 24.1 Å². The molecule has 1 rings (SSSR count). The van der Waals surface area contributed by atoms with Crippen LogP contribution in [0.1, 0.15) is 71.1 Å². The van der Waals surface area contributed by atoms with E-state index in [0.29, 0.717) is 5.76 Å². The van der Waals surface area contributed by atoms with E-state index in [-0.39, 0.29) is 0 Å². The second-order valence-corrected chi connectivity index (χ2v) is 6.49. The maximum atomic E-state index is 9.88. The van der Waals surface area contributed by atoms with E-state index in [0.717, 1.165) is 19.3 Å². The zero-order valence-corrected chi connectivity index (χ0v) is 14.4. The number of ether oxygens (including phenoxy) is 1. The molecular weight excluding hydrogens is 296 g/mol. The molecule has 0 radical (unpaired) electrons. The molecule has 1 saturated heterocycles. The van der Waals surface area contributed by atoms with Crippen LogP contribution in [0.15, 0.2) is 11.8 Å². The monoisotopic (exact) mass is 330 g/mol. The summed E-state index contributed by atoms with van der Waals surface area (Å²) >= 11 is 0. The van der Waals surface area contributed by atoms with Crippen molar-refractivity contribution in [1.82, 2.24) is 0 Å². The molecule has 1 fully saturated rings. The van der Waals surface area contributed by atoms with Gasteiger partial charge in [-0.05, 0) is 18.9 Å². The Balaban J connectivity index is 2.13. The fourth-order valence-electron chi connectivity index (χ4n) is 2.92. The minimum Gasteiger partial charge on any atom is -0.487 e. The van der Waals surface area contributed by atoms with Gasteiger partial charge in [-0.1, -0.05) is 58.3 Å². The second kappa shape index (κ2) is 11.8. The lowest BCUT2D eigenvalue weighted by Crippen LogP contribution is -2.40. The highest BCUT2D eigenvalue weighted by Crippen LogP contribution is 2.27. The predicted octanol–water partition coefficient (Wildman–Crippen LogP) is 2.27. The van der Waals surface area contributed by atoms with Gasteiger partial charge >= 0.3 is 0 Å². The first kappa shape index (κ1) is 20.4. The van der Waals surface area contributed by atoms with Gasteiger partial charge in [0.2, 0.25) is 0 Å². The van der Waals surface area contributed by atoms with E-state index in [4.69, 9.17) is 9.84 Å². The van der Waals surface area contributed by atoms with Crippen molar-refractivity contribution in [2.24, 2.45) is 0 Å². The molecule has 0 spiro atoms. The Morgan fingerprint density at radius 3 is 2.13 bits per heavy atom. The number of unbranched alkanes of at least 4 members (excludes halogenated alkanes) is 9. The highest BCUT2D eigenvalue weighted by molar-refractivity contribution is 5.11. The highest BCUT2D eigenvalue weighted by Gasteiger charge is 2.42. The molecular formula is C18H34O5. The third-order valence-corrected chi connectivity index (χ3v) is 4.44. The first-order chi connectivity index (χ1) is 11.1. The van der Waals surface area contributed by atoms with E-state index in [9.17, 15) is 15.3 Å². The fraction of sp³-hybridized carbons (Fsp3) is 0.889. The number of allylic oxidation sites excluding steroid dienone is 1. The highest BCUT2D eigenvalue weighted by atomic mass is 16.5. The Hall–Kier alpha value is -0.620. The Morgan fingerprint density at radius 1 is 1.00 bits per heavy atom. The lowest BCUT2D eigenvalue weighted by atomic mass is 10.0. The van der Waals surface area contributed by atoms with Crippen molar-refractivity contribution < 1.29 is 25.2 Å². The molecule has 0 aromatic rings. The van der Waals surface area contributed by atoms with E-state index in [2.05, 4.69) is 6.92 Å². The molecule has 0 aromatic carbocycles. The van der Waals surface area contributed by atoms with Crippen LogP contribution >= 0.6 is 0 Å². The van der Waals surface area contributed by atoms with E-state index >= 15 is 0 Å². The van der Waals surface area contributed by atoms with Crippen molar-refractivity contribution in [3.05, 3.63) is 11.8 Å². The summed E-state index contributed by atoms with van der Waals surface area (Å²) in [5.41, 5.74) is 0. The van der Waals surface area contributed by atoms with E-state index in [1.54, 1.807) is 6.08 Å². The number of rotatable bonds is 12. The topological polar surface area (TPSA) is 90.2 Å². The van der Waals surface area contributed by atoms with Crippen molar-refractivity contribution >= 4 is 0 Å². The third kappa shape index (κ3) is 7.21. The van der Waals surface area contributed by atoms with Crippen LogP contribution in [0.5, 0.6) is 0 Å². The average Bonchev–Trinajstić information content (AvgIpc) is 2.84. The smallest absolute Gasteiger partial charge is 0.155 e. The molecule has 0 amide bonds. The molecule has 1 aliphatic rings. The van der Waals surface area contributed by atoms with Gasteiger partial charge in [-0.3, -0.25) is 0 Å². The molecule has 4 N–H and O–H groups in total. The van der Waals surface area contributed by atoms with E-state index < -0.39 is 31.0 Å². The largest absolute Gasteiger partial charge is 0.487 e. The van der Waals surface area contributed by atoms with Crippen molar-refractivity contribution in [2.75, 3.05) is 6.61 Å². The van der Waals surface area contributed by atoms with Gasteiger partial charge in [0.25, 0.3) is 0 Å². The van der Waals surface area contributed by atoms with Gasteiger partial charge in [0, 0.05) is 0 Å². The normalized spacial score (nSPS) is 27.3. The van der Waals surface area contributed by atoms with Crippen LogP contribution in [0, 0.1) is 0 Å². The van der Waals surface area contributed by atoms with Crippen molar-refractivity contribution in [3.63, 3.8) is 0 Å². The Kier molecular flexibility index (Phi) is 10.5. The number of aliphatic hydroxyl groups excluding tert-OH is 4. The minimum atomic E-state index is -1.19. The molecule has 23 heavy (non-hydrogen) atoms. The summed E-state index contributed by atoms with van der Waals surface area (Å²) in [4.78, 5) is 0. The predicted molar refractivity (Wildman–Crippen MR) is 89.9 cm³/mol. The molecule has 4 atom stereocenters. The molecule has 1 aliphatic heterocycles. The zero-order chi connectivity index (χ0) is 17.1. The number of hydrogen-bond donors (Lipinski definition) is 4. The molecule has 0 aliphatic carbocycles. The summed E-state index contributed by atoms with van der Waals surface area (Å²) in [7, 11) is 0. The molecule has 5 heteroatoms. The Morgan fingerprint density at radius 2 is 1.57 bits per heavy atom. The molecule has 0 bridgehead atoms. The SMILES string of the molecule is CCCCCCCCCCCC=C1O[C@H]([C@H](O)CO)[C@H](O)[C@H]1O. The Labute approximate surface area is 140 Å². The number of hydrogen-bond acceptors (Lipinski definition) is 5. The van der Waals surface area contributed by atoms with Gasteiger partial charge in [-0.15, -0.1) is 0 Å².